The fraction of sp³-hybridized carbons (Fsp3) is 0.357. The van der Waals surface area contributed by atoms with E-state index < -0.39 is 29.1 Å². The Morgan fingerprint density at radius 3 is 2.30 bits per heavy atom. The lowest BCUT2D eigenvalue weighted by Gasteiger charge is -2.25. The lowest BCUT2D eigenvalue weighted by atomic mass is 9.80. The minimum Gasteiger partial charge on any atom is -0.481 e. The van der Waals surface area contributed by atoms with Crippen LogP contribution in [0, 0.1) is 11.3 Å². The number of rotatable bonds is 4. The van der Waals surface area contributed by atoms with Crippen LogP contribution in [0.5, 0.6) is 0 Å². The molecule has 0 aliphatic carbocycles. The Labute approximate surface area is 117 Å². The first-order chi connectivity index (χ1) is 9.12. The minimum atomic E-state index is -1.19. The summed E-state index contributed by atoms with van der Waals surface area (Å²) in [5.74, 6) is -3.64. The Bertz CT molecular complexity index is 546. The van der Waals surface area contributed by atoms with Gasteiger partial charge in [0.25, 0.3) is 0 Å². The van der Waals surface area contributed by atoms with Crippen LogP contribution in [0.2, 0.25) is 0 Å². The number of nitrogens with two attached hydrogens (primary N) is 1. The summed E-state index contributed by atoms with van der Waals surface area (Å²) in [5, 5.41) is 11.7. The average Bonchev–Trinajstić information content (AvgIpc) is 2.26. The van der Waals surface area contributed by atoms with Crippen LogP contribution in [0.3, 0.4) is 0 Å². The molecule has 0 radical (unpaired) electrons. The van der Waals surface area contributed by atoms with Gasteiger partial charge in [-0.2, -0.15) is 0 Å². The van der Waals surface area contributed by atoms with Crippen LogP contribution in [0.1, 0.15) is 31.1 Å². The van der Waals surface area contributed by atoms with Crippen molar-refractivity contribution in [2.75, 3.05) is 5.32 Å². The Morgan fingerprint density at radius 1 is 1.25 bits per heavy atom. The highest BCUT2D eigenvalue weighted by molar-refractivity contribution is 6.05. The number of benzene rings is 1. The maximum absolute atomic E-state index is 12.1. The summed E-state index contributed by atoms with van der Waals surface area (Å²) in [7, 11) is 0. The number of hydrogen-bond donors (Lipinski definition) is 3. The van der Waals surface area contributed by atoms with Crippen molar-refractivity contribution in [3.63, 3.8) is 0 Å². The maximum Gasteiger partial charge on any atom is 0.316 e. The van der Waals surface area contributed by atoms with E-state index >= 15 is 0 Å². The molecule has 1 aromatic rings. The number of nitrogens with one attached hydrogen (secondary N) is 1. The number of anilines is 1. The topological polar surface area (TPSA) is 109 Å². The van der Waals surface area contributed by atoms with Gasteiger partial charge in [-0.15, -0.1) is 0 Å². The zero-order chi connectivity index (χ0) is 15.5. The lowest BCUT2D eigenvalue weighted by molar-refractivity contribution is -0.149. The van der Waals surface area contributed by atoms with Gasteiger partial charge in [0.2, 0.25) is 11.8 Å². The molecule has 0 heterocycles. The first-order valence-corrected chi connectivity index (χ1v) is 6.06. The van der Waals surface area contributed by atoms with Crippen LogP contribution in [-0.4, -0.2) is 22.9 Å². The first kappa shape index (κ1) is 15.7. The predicted molar refractivity (Wildman–Crippen MR) is 74.2 cm³/mol. The Morgan fingerprint density at radius 2 is 1.85 bits per heavy atom. The highest BCUT2D eigenvalue weighted by Crippen LogP contribution is 2.27. The molecule has 0 spiro atoms. The van der Waals surface area contributed by atoms with Gasteiger partial charge >= 0.3 is 5.97 Å². The number of amides is 2. The van der Waals surface area contributed by atoms with E-state index in [0.29, 0.717) is 5.69 Å². The van der Waals surface area contributed by atoms with Gasteiger partial charge in [-0.25, -0.2) is 0 Å². The standard InChI is InChI=1S/C14H18N2O4/c1-14(2,3)10(13(19)20)12(18)16-9-6-4-5-8(7-9)11(15)17/h4-7,10H,1-3H3,(H2,15,17)(H,16,18)(H,19,20). The molecular weight excluding hydrogens is 260 g/mol. The van der Waals surface area contributed by atoms with Crippen LogP contribution in [0.4, 0.5) is 5.69 Å². The molecule has 0 saturated heterocycles. The summed E-state index contributed by atoms with van der Waals surface area (Å²) >= 11 is 0. The van der Waals surface area contributed by atoms with Crippen molar-refractivity contribution >= 4 is 23.5 Å². The molecule has 20 heavy (non-hydrogen) atoms. The monoisotopic (exact) mass is 278 g/mol. The highest BCUT2D eigenvalue weighted by atomic mass is 16.4. The van der Waals surface area contributed by atoms with Gasteiger partial charge in [0.15, 0.2) is 0 Å². The lowest BCUT2D eigenvalue weighted by Crippen LogP contribution is -2.39. The van der Waals surface area contributed by atoms with Gasteiger partial charge in [0.1, 0.15) is 5.92 Å². The quantitative estimate of drug-likeness (QED) is 0.724. The fourth-order valence-corrected chi connectivity index (χ4v) is 1.84. The Balaban J connectivity index is 2.97. The third-order valence-electron chi connectivity index (χ3n) is 2.79. The molecule has 0 bridgehead atoms. The van der Waals surface area contributed by atoms with E-state index in [1.807, 2.05) is 0 Å². The normalized spacial score (nSPS) is 12.6. The zero-order valence-electron chi connectivity index (χ0n) is 11.6. The number of primary amides is 1. The van der Waals surface area contributed by atoms with Crippen LogP contribution in [0.25, 0.3) is 0 Å². The van der Waals surface area contributed by atoms with E-state index in [4.69, 9.17) is 10.8 Å². The molecule has 4 N–H and O–H groups in total. The van der Waals surface area contributed by atoms with E-state index in [2.05, 4.69) is 5.32 Å². The molecule has 6 heteroatoms. The van der Waals surface area contributed by atoms with Crippen LogP contribution >= 0.6 is 0 Å². The van der Waals surface area contributed by atoms with Crippen molar-refractivity contribution in [2.24, 2.45) is 17.1 Å². The number of carboxylic acids is 1. The van der Waals surface area contributed by atoms with Crippen LogP contribution in [0.15, 0.2) is 24.3 Å². The van der Waals surface area contributed by atoms with Crippen molar-refractivity contribution in [3.8, 4) is 0 Å². The SMILES string of the molecule is CC(C)(C)C(C(=O)O)C(=O)Nc1cccc(C(N)=O)c1. The van der Waals surface area contributed by atoms with Gasteiger partial charge in [0, 0.05) is 11.3 Å². The van der Waals surface area contributed by atoms with Gasteiger partial charge < -0.3 is 16.2 Å². The number of hydrogen-bond acceptors (Lipinski definition) is 3. The van der Waals surface area contributed by atoms with Gasteiger partial charge in [-0.05, 0) is 23.6 Å². The Hall–Kier alpha value is -2.37. The number of carbonyl (C=O) groups excluding carboxylic acids is 2. The molecule has 1 aromatic carbocycles. The van der Waals surface area contributed by atoms with Gasteiger partial charge in [-0.3, -0.25) is 14.4 Å². The van der Waals surface area contributed by atoms with Crippen molar-refractivity contribution in [1.29, 1.82) is 0 Å². The molecule has 1 unspecified atom stereocenters. The molecular formula is C14H18N2O4. The molecule has 0 aliphatic rings. The molecule has 6 nitrogen and oxygen atoms in total. The van der Waals surface area contributed by atoms with Crippen LogP contribution < -0.4 is 11.1 Å². The van der Waals surface area contributed by atoms with Gasteiger partial charge in [-0.1, -0.05) is 26.8 Å². The third-order valence-corrected chi connectivity index (χ3v) is 2.79. The first-order valence-electron chi connectivity index (χ1n) is 6.06. The molecule has 1 atom stereocenters. The fourth-order valence-electron chi connectivity index (χ4n) is 1.84. The summed E-state index contributed by atoms with van der Waals surface area (Å²) < 4.78 is 0. The zero-order valence-corrected chi connectivity index (χ0v) is 11.6. The Kier molecular flexibility index (Phi) is 4.49. The molecule has 0 aliphatic heterocycles. The number of carboxylic acid groups (broad SMARTS) is 1. The summed E-state index contributed by atoms with van der Waals surface area (Å²) in [6.07, 6.45) is 0. The van der Waals surface area contributed by atoms with E-state index in [0.717, 1.165) is 0 Å². The van der Waals surface area contributed by atoms with Crippen molar-refractivity contribution in [1.82, 2.24) is 0 Å². The largest absolute Gasteiger partial charge is 0.481 e. The van der Waals surface area contributed by atoms with Crippen molar-refractivity contribution in [3.05, 3.63) is 29.8 Å². The summed E-state index contributed by atoms with van der Waals surface area (Å²) in [4.78, 5) is 34.3. The van der Waals surface area contributed by atoms with Gasteiger partial charge in [0.05, 0.1) is 0 Å². The van der Waals surface area contributed by atoms with Crippen molar-refractivity contribution < 1.29 is 19.5 Å². The van der Waals surface area contributed by atoms with E-state index in [9.17, 15) is 14.4 Å². The number of aliphatic carboxylic acids is 1. The predicted octanol–water partition coefficient (Wildman–Crippen LogP) is 1.47. The molecule has 0 fully saturated rings. The average molecular weight is 278 g/mol. The molecule has 108 valence electrons. The number of carbonyl (C=O) groups is 3. The summed E-state index contributed by atoms with van der Waals surface area (Å²) in [6, 6.07) is 6.03. The highest BCUT2D eigenvalue weighted by Gasteiger charge is 2.37. The second-order valence-corrected chi connectivity index (χ2v) is 5.57. The maximum atomic E-state index is 12.1. The molecule has 1 rings (SSSR count). The second kappa shape index (κ2) is 5.73. The van der Waals surface area contributed by atoms with Crippen LogP contribution in [-0.2, 0) is 9.59 Å². The minimum absolute atomic E-state index is 0.241. The second-order valence-electron chi connectivity index (χ2n) is 5.57. The van der Waals surface area contributed by atoms with E-state index in [1.54, 1.807) is 32.9 Å². The summed E-state index contributed by atoms with van der Waals surface area (Å²) in [5.41, 5.74) is 5.00. The molecule has 2 amide bonds. The smallest absolute Gasteiger partial charge is 0.316 e. The third kappa shape index (κ3) is 3.81. The summed E-state index contributed by atoms with van der Waals surface area (Å²) in [6.45, 7) is 5.02. The van der Waals surface area contributed by atoms with E-state index in [1.165, 1.54) is 12.1 Å². The van der Waals surface area contributed by atoms with E-state index in [-0.39, 0.29) is 5.56 Å². The molecule has 0 aromatic heterocycles. The van der Waals surface area contributed by atoms with Crippen molar-refractivity contribution in [2.45, 2.75) is 20.8 Å². The molecule has 0 saturated carbocycles.